The number of likely N-dealkylation sites (tertiary alicyclic amines) is 1. The SMILES string of the molecule is N/C(=N\O)c1ccc(CNC(=O)CN2CCCCC(NS(=O)(=O)c3ccc4c(c3)CCO4)C2=O)cc1. The molecule has 1 atom stereocenters. The van der Waals surface area contributed by atoms with Gasteiger partial charge in [0.25, 0.3) is 0 Å². The second-order valence-corrected chi connectivity index (χ2v) is 10.5. The molecule has 0 aromatic heterocycles. The molecule has 2 heterocycles. The average molecular weight is 516 g/mol. The summed E-state index contributed by atoms with van der Waals surface area (Å²) in [5.74, 6) is -0.110. The normalized spacial score (nSPS) is 18.3. The highest BCUT2D eigenvalue weighted by Gasteiger charge is 2.32. The van der Waals surface area contributed by atoms with E-state index in [0.717, 1.165) is 11.1 Å². The van der Waals surface area contributed by atoms with E-state index in [1.807, 2.05) is 0 Å². The number of amidine groups is 1. The Labute approximate surface area is 209 Å². The number of carbonyl (C=O) groups is 2. The van der Waals surface area contributed by atoms with Gasteiger partial charge in [-0.2, -0.15) is 4.72 Å². The third-order valence-electron chi connectivity index (χ3n) is 6.23. The molecule has 5 N–H and O–H groups in total. The molecule has 1 fully saturated rings. The number of nitrogens with zero attached hydrogens (tertiary/aromatic N) is 2. The number of hydrogen-bond acceptors (Lipinski definition) is 7. The minimum atomic E-state index is -3.93. The second-order valence-electron chi connectivity index (χ2n) is 8.76. The van der Waals surface area contributed by atoms with Crippen LogP contribution in [0.25, 0.3) is 0 Å². The number of ether oxygens (including phenoxy) is 1. The molecule has 12 heteroatoms. The topological polar surface area (TPSA) is 163 Å². The monoisotopic (exact) mass is 515 g/mol. The lowest BCUT2D eigenvalue weighted by Gasteiger charge is -2.24. The van der Waals surface area contributed by atoms with Crippen LogP contribution in [0.4, 0.5) is 0 Å². The van der Waals surface area contributed by atoms with Gasteiger partial charge in [-0.25, -0.2) is 8.42 Å². The van der Waals surface area contributed by atoms with Crippen molar-refractivity contribution in [2.24, 2.45) is 10.9 Å². The molecular weight excluding hydrogens is 486 g/mol. The van der Waals surface area contributed by atoms with E-state index in [9.17, 15) is 18.0 Å². The first-order valence-corrected chi connectivity index (χ1v) is 13.2. The van der Waals surface area contributed by atoms with Crippen LogP contribution in [0.1, 0.15) is 36.0 Å². The highest BCUT2D eigenvalue weighted by atomic mass is 32.2. The second kappa shape index (κ2) is 11.0. The number of nitrogens with two attached hydrogens (primary N) is 1. The summed E-state index contributed by atoms with van der Waals surface area (Å²) in [4.78, 5) is 27.2. The zero-order valence-corrected chi connectivity index (χ0v) is 20.5. The largest absolute Gasteiger partial charge is 0.493 e. The molecule has 1 unspecified atom stereocenters. The van der Waals surface area contributed by atoms with E-state index in [4.69, 9.17) is 15.7 Å². The Morgan fingerprint density at radius 2 is 1.97 bits per heavy atom. The third-order valence-corrected chi connectivity index (χ3v) is 7.70. The van der Waals surface area contributed by atoms with Crippen LogP contribution in [0.15, 0.2) is 52.5 Å². The van der Waals surface area contributed by atoms with Crippen molar-refractivity contribution in [3.8, 4) is 5.75 Å². The van der Waals surface area contributed by atoms with Crippen molar-refractivity contribution in [2.45, 2.75) is 43.2 Å². The summed E-state index contributed by atoms with van der Waals surface area (Å²) in [6, 6.07) is 10.5. The molecule has 2 aromatic carbocycles. The van der Waals surface area contributed by atoms with E-state index in [-0.39, 0.29) is 29.7 Å². The Hall–Kier alpha value is -3.64. The van der Waals surface area contributed by atoms with Crippen LogP contribution in [0.5, 0.6) is 5.75 Å². The molecule has 2 amide bonds. The first kappa shape index (κ1) is 25.5. The molecule has 0 saturated carbocycles. The summed E-state index contributed by atoms with van der Waals surface area (Å²) < 4.78 is 34.0. The zero-order valence-electron chi connectivity index (χ0n) is 19.6. The van der Waals surface area contributed by atoms with Crippen LogP contribution in [0.2, 0.25) is 0 Å². The molecule has 1 saturated heterocycles. The first-order chi connectivity index (χ1) is 17.3. The van der Waals surface area contributed by atoms with Crippen LogP contribution in [0.3, 0.4) is 0 Å². The van der Waals surface area contributed by atoms with E-state index in [2.05, 4.69) is 15.2 Å². The molecule has 0 spiro atoms. The van der Waals surface area contributed by atoms with E-state index in [1.54, 1.807) is 36.4 Å². The summed E-state index contributed by atoms with van der Waals surface area (Å²) in [7, 11) is -3.93. The predicted octanol–water partition coefficient (Wildman–Crippen LogP) is 0.692. The lowest BCUT2D eigenvalue weighted by molar-refractivity contribution is -0.136. The van der Waals surface area contributed by atoms with Crippen LogP contribution >= 0.6 is 0 Å². The van der Waals surface area contributed by atoms with Gasteiger partial charge in [-0.05, 0) is 48.6 Å². The van der Waals surface area contributed by atoms with Gasteiger partial charge in [0.1, 0.15) is 11.8 Å². The summed E-state index contributed by atoms with van der Waals surface area (Å²) >= 11 is 0. The molecule has 0 radical (unpaired) electrons. The maximum atomic E-state index is 13.1. The molecule has 2 aliphatic heterocycles. The van der Waals surface area contributed by atoms with Crippen molar-refractivity contribution < 1.29 is 28.0 Å². The number of benzene rings is 2. The summed E-state index contributed by atoms with van der Waals surface area (Å²) in [5.41, 5.74) is 7.71. The van der Waals surface area contributed by atoms with Crippen LogP contribution in [0, 0.1) is 0 Å². The van der Waals surface area contributed by atoms with Crippen LogP contribution < -0.4 is 20.5 Å². The van der Waals surface area contributed by atoms with Gasteiger partial charge in [0, 0.05) is 25.1 Å². The number of carbonyl (C=O) groups excluding carboxylic acids is 2. The van der Waals surface area contributed by atoms with Crippen molar-refractivity contribution in [1.82, 2.24) is 14.9 Å². The first-order valence-electron chi connectivity index (χ1n) is 11.7. The zero-order chi connectivity index (χ0) is 25.7. The van der Waals surface area contributed by atoms with E-state index in [1.165, 1.54) is 11.0 Å². The summed E-state index contributed by atoms with van der Waals surface area (Å²) in [6.45, 7) is 0.947. The number of nitrogens with one attached hydrogen (secondary N) is 2. The van der Waals surface area contributed by atoms with E-state index < -0.39 is 22.0 Å². The van der Waals surface area contributed by atoms with Gasteiger partial charge < -0.3 is 25.9 Å². The quantitative estimate of drug-likeness (QED) is 0.174. The van der Waals surface area contributed by atoms with Gasteiger partial charge in [-0.1, -0.05) is 29.4 Å². The molecule has 2 aromatic rings. The van der Waals surface area contributed by atoms with Gasteiger partial charge in [0.05, 0.1) is 18.0 Å². The van der Waals surface area contributed by atoms with Gasteiger partial charge >= 0.3 is 0 Å². The van der Waals surface area contributed by atoms with E-state index >= 15 is 0 Å². The fourth-order valence-electron chi connectivity index (χ4n) is 4.24. The number of rotatable bonds is 8. The molecule has 36 heavy (non-hydrogen) atoms. The van der Waals surface area contributed by atoms with Gasteiger partial charge in [0.2, 0.25) is 21.8 Å². The third kappa shape index (κ3) is 5.94. The smallest absolute Gasteiger partial charge is 0.241 e. The Bertz CT molecular complexity index is 1260. The number of oxime groups is 1. The fraction of sp³-hybridized carbons (Fsp3) is 0.375. The van der Waals surface area contributed by atoms with Crippen LogP contribution in [-0.4, -0.2) is 61.9 Å². The standard InChI is InChI=1S/C24H29N5O6S/c25-23(27-32)17-6-4-16(5-7-17)14-26-22(30)15-29-11-2-1-3-20(24(29)31)28-36(33,34)19-8-9-21-18(13-19)10-12-35-21/h4-9,13,20,28,32H,1-3,10-12,14-15H2,(H2,25,27)(H,26,30). The number of hydrogen-bond donors (Lipinski definition) is 4. The maximum absolute atomic E-state index is 13.1. The van der Waals surface area contributed by atoms with Crippen molar-refractivity contribution >= 4 is 27.7 Å². The number of amides is 2. The van der Waals surface area contributed by atoms with Crippen molar-refractivity contribution in [3.63, 3.8) is 0 Å². The van der Waals surface area contributed by atoms with Crippen LogP contribution in [-0.2, 0) is 32.6 Å². The molecule has 0 aliphatic carbocycles. The molecular formula is C24H29N5O6S. The lowest BCUT2D eigenvalue weighted by Crippen LogP contribution is -2.49. The molecule has 192 valence electrons. The Morgan fingerprint density at radius 3 is 2.72 bits per heavy atom. The predicted molar refractivity (Wildman–Crippen MR) is 131 cm³/mol. The number of sulfonamides is 1. The highest BCUT2D eigenvalue weighted by molar-refractivity contribution is 7.89. The molecule has 11 nitrogen and oxygen atoms in total. The van der Waals surface area contributed by atoms with Crippen molar-refractivity contribution in [2.75, 3.05) is 19.7 Å². The fourth-order valence-corrected chi connectivity index (χ4v) is 5.51. The minimum absolute atomic E-state index is 0.0133. The Kier molecular flexibility index (Phi) is 7.75. The Morgan fingerprint density at radius 1 is 1.19 bits per heavy atom. The highest BCUT2D eigenvalue weighted by Crippen LogP contribution is 2.28. The lowest BCUT2D eigenvalue weighted by atomic mass is 10.1. The maximum Gasteiger partial charge on any atom is 0.241 e. The Balaban J connectivity index is 1.35. The number of fused-ring (bicyclic) bond motifs is 1. The molecule has 4 rings (SSSR count). The summed E-state index contributed by atoms with van der Waals surface area (Å²) in [6.07, 6.45) is 2.32. The van der Waals surface area contributed by atoms with Crippen molar-refractivity contribution in [3.05, 3.63) is 59.2 Å². The molecule has 0 bridgehead atoms. The summed E-state index contributed by atoms with van der Waals surface area (Å²) in [5, 5.41) is 14.4. The van der Waals surface area contributed by atoms with Crippen molar-refractivity contribution in [1.29, 1.82) is 0 Å². The van der Waals surface area contributed by atoms with Gasteiger partial charge in [-0.15, -0.1) is 0 Å². The minimum Gasteiger partial charge on any atom is -0.493 e. The average Bonchev–Trinajstić information content (AvgIpc) is 3.29. The van der Waals surface area contributed by atoms with E-state index in [0.29, 0.717) is 50.1 Å². The van der Waals surface area contributed by atoms with Gasteiger partial charge in [0.15, 0.2) is 5.84 Å². The molecule has 2 aliphatic rings. The van der Waals surface area contributed by atoms with Gasteiger partial charge in [-0.3, -0.25) is 9.59 Å².